The number of aromatic hydroxyl groups is 2. The van der Waals surface area contributed by atoms with Crippen molar-refractivity contribution < 1.29 is 24.6 Å². The van der Waals surface area contributed by atoms with Crippen LogP contribution in [0.3, 0.4) is 0 Å². The van der Waals surface area contributed by atoms with Gasteiger partial charge in [-0.2, -0.15) is 0 Å². The van der Waals surface area contributed by atoms with Crippen molar-refractivity contribution in [2.24, 2.45) is 0 Å². The highest BCUT2D eigenvalue weighted by molar-refractivity contribution is 5.98. The Balaban J connectivity index is 2.02. The third-order valence-electron chi connectivity index (χ3n) is 3.70. The topological polar surface area (TPSA) is 107 Å². The van der Waals surface area contributed by atoms with Crippen LogP contribution in [-0.2, 0) is 9.59 Å². The number of likely N-dealkylation sites (tertiary alicyclic amines) is 1. The van der Waals surface area contributed by atoms with Crippen LogP contribution >= 0.6 is 0 Å². The van der Waals surface area contributed by atoms with E-state index in [1.54, 1.807) is 6.92 Å². The average Bonchev–Trinajstić information content (AvgIpc) is 2.97. The second-order valence-electron chi connectivity index (χ2n) is 5.28. The van der Waals surface area contributed by atoms with Gasteiger partial charge >= 0.3 is 0 Å². The molecule has 2 rings (SSSR count). The summed E-state index contributed by atoms with van der Waals surface area (Å²) in [4.78, 5) is 36.7. The number of amides is 2. The van der Waals surface area contributed by atoms with E-state index in [0.717, 1.165) is 18.8 Å². The molecule has 1 aromatic rings. The number of rotatable bonds is 4. The first kappa shape index (κ1) is 15.8. The summed E-state index contributed by atoms with van der Waals surface area (Å²) < 4.78 is 0. The fraction of sp³-hybridized carbons (Fsp3) is 0.400. The maximum atomic E-state index is 12.3. The first-order valence-electron chi connectivity index (χ1n) is 7.02. The molecule has 0 aliphatic carbocycles. The van der Waals surface area contributed by atoms with E-state index in [4.69, 9.17) is 0 Å². The molecule has 0 aromatic heterocycles. The molecule has 3 N–H and O–H groups in total. The molecule has 1 saturated heterocycles. The Labute approximate surface area is 127 Å². The third kappa shape index (κ3) is 3.19. The Morgan fingerprint density at radius 3 is 2.73 bits per heavy atom. The molecule has 7 nitrogen and oxygen atoms in total. The zero-order chi connectivity index (χ0) is 16.3. The number of hydrogen-bond acceptors (Lipinski definition) is 5. The molecule has 7 heteroatoms. The molecule has 1 fully saturated rings. The van der Waals surface area contributed by atoms with Crippen LogP contribution in [0.2, 0.25) is 0 Å². The summed E-state index contributed by atoms with van der Waals surface area (Å²) >= 11 is 0. The summed E-state index contributed by atoms with van der Waals surface area (Å²) in [6.07, 6.45) is 2.15. The summed E-state index contributed by atoms with van der Waals surface area (Å²) in [5.41, 5.74) is 0.128. The number of aldehydes is 1. The van der Waals surface area contributed by atoms with Gasteiger partial charge in [0, 0.05) is 12.1 Å². The number of carbonyl (C=O) groups is 3. The van der Waals surface area contributed by atoms with Gasteiger partial charge in [0.25, 0.3) is 5.91 Å². The number of benzene rings is 1. The lowest BCUT2D eigenvalue weighted by Gasteiger charge is -2.24. The van der Waals surface area contributed by atoms with E-state index in [0.29, 0.717) is 13.0 Å². The van der Waals surface area contributed by atoms with Crippen LogP contribution < -0.4 is 5.32 Å². The van der Waals surface area contributed by atoms with Gasteiger partial charge in [-0.15, -0.1) is 0 Å². The van der Waals surface area contributed by atoms with Crippen molar-refractivity contribution >= 4 is 18.1 Å². The summed E-state index contributed by atoms with van der Waals surface area (Å²) in [6, 6.07) is 2.44. The van der Waals surface area contributed by atoms with Crippen molar-refractivity contribution in [3.05, 3.63) is 23.8 Å². The zero-order valence-corrected chi connectivity index (χ0v) is 12.2. The van der Waals surface area contributed by atoms with Gasteiger partial charge in [0.05, 0.1) is 6.04 Å². The van der Waals surface area contributed by atoms with Crippen molar-refractivity contribution in [2.75, 3.05) is 6.54 Å². The average molecular weight is 306 g/mol. The molecule has 1 aliphatic heterocycles. The standard InChI is InChI=1S/C15H18N2O5/c1-9(15(22)17-6-2-3-11(17)8-18)16-14(21)10-4-5-12(19)13(20)7-10/h4-5,7-9,11,19-20H,2-3,6H2,1H3,(H,16,21)/t9-,11-/m0/s1. The first-order chi connectivity index (χ1) is 10.4. The smallest absolute Gasteiger partial charge is 0.252 e. The first-order valence-corrected chi connectivity index (χ1v) is 7.02. The molecule has 0 spiro atoms. The molecule has 118 valence electrons. The van der Waals surface area contributed by atoms with Crippen molar-refractivity contribution in [1.82, 2.24) is 10.2 Å². The molecule has 0 saturated carbocycles. The lowest BCUT2D eigenvalue weighted by Crippen LogP contribution is -2.48. The van der Waals surface area contributed by atoms with Crippen LogP contribution in [-0.4, -0.2) is 51.8 Å². The highest BCUT2D eigenvalue weighted by Crippen LogP contribution is 2.24. The van der Waals surface area contributed by atoms with Crippen LogP contribution in [0.25, 0.3) is 0 Å². The molecule has 2 atom stereocenters. The van der Waals surface area contributed by atoms with Crippen LogP contribution in [0, 0.1) is 0 Å². The Kier molecular flexibility index (Phi) is 4.65. The fourth-order valence-corrected chi connectivity index (χ4v) is 2.46. The Hall–Kier alpha value is -2.57. The minimum Gasteiger partial charge on any atom is -0.504 e. The summed E-state index contributed by atoms with van der Waals surface area (Å²) in [5, 5.41) is 21.1. The minimum atomic E-state index is -0.788. The molecule has 1 aromatic carbocycles. The molecular weight excluding hydrogens is 288 g/mol. The third-order valence-corrected chi connectivity index (χ3v) is 3.70. The number of nitrogens with zero attached hydrogens (tertiary/aromatic N) is 1. The number of carbonyl (C=O) groups excluding carboxylic acids is 3. The summed E-state index contributed by atoms with van der Waals surface area (Å²) in [5.74, 6) is -1.59. The van der Waals surface area contributed by atoms with E-state index >= 15 is 0 Å². The van der Waals surface area contributed by atoms with Crippen molar-refractivity contribution in [1.29, 1.82) is 0 Å². The van der Waals surface area contributed by atoms with Crippen molar-refractivity contribution in [2.45, 2.75) is 31.8 Å². The van der Waals surface area contributed by atoms with E-state index in [2.05, 4.69) is 5.32 Å². The maximum Gasteiger partial charge on any atom is 0.252 e. The molecule has 1 heterocycles. The molecular formula is C15H18N2O5. The van der Waals surface area contributed by atoms with E-state index in [1.165, 1.54) is 17.0 Å². The van der Waals surface area contributed by atoms with E-state index in [-0.39, 0.29) is 17.2 Å². The maximum absolute atomic E-state index is 12.3. The number of hydrogen-bond donors (Lipinski definition) is 3. The SMILES string of the molecule is C[C@H](NC(=O)c1ccc(O)c(O)c1)C(=O)N1CCC[C@H]1C=O. The van der Waals surface area contributed by atoms with Crippen LogP contribution in [0.4, 0.5) is 0 Å². The largest absolute Gasteiger partial charge is 0.504 e. The van der Waals surface area contributed by atoms with E-state index in [1.807, 2.05) is 0 Å². The molecule has 2 amide bonds. The fourth-order valence-electron chi connectivity index (χ4n) is 2.46. The normalized spacial score (nSPS) is 18.8. The minimum absolute atomic E-state index is 0.128. The predicted octanol–water partition coefficient (Wildman–Crippen LogP) is 0.406. The molecule has 0 radical (unpaired) electrons. The molecule has 1 aliphatic rings. The predicted molar refractivity (Wildman–Crippen MR) is 77.5 cm³/mol. The van der Waals surface area contributed by atoms with Gasteiger partial charge in [0.15, 0.2) is 11.5 Å². The number of nitrogens with one attached hydrogen (secondary N) is 1. The van der Waals surface area contributed by atoms with Crippen LogP contribution in [0.15, 0.2) is 18.2 Å². The second kappa shape index (κ2) is 6.46. The Morgan fingerprint density at radius 2 is 2.09 bits per heavy atom. The molecule has 22 heavy (non-hydrogen) atoms. The van der Waals surface area contributed by atoms with Gasteiger partial charge in [-0.1, -0.05) is 0 Å². The highest BCUT2D eigenvalue weighted by Gasteiger charge is 2.31. The lowest BCUT2D eigenvalue weighted by molar-refractivity contribution is -0.135. The van der Waals surface area contributed by atoms with Gasteiger partial charge in [0.2, 0.25) is 5.91 Å². The quantitative estimate of drug-likeness (QED) is 0.551. The van der Waals surface area contributed by atoms with Gasteiger partial charge in [-0.3, -0.25) is 9.59 Å². The number of phenols is 2. The lowest BCUT2D eigenvalue weighted by atomic mass is 10.1. The Morgan fingerprint density at radius 1 is 1.36 bits per heavy atom. The summed E-state index contributed by atoms with van der Waals surface area (Å²) in [6.45, 7) is 2.04. The monoisotopic (exact) mass is 306 g/mol. The van der Waals surface area contributed by atoms with E-state index in [9.17, 15) is 24.6 Å². The van der Waals surface area contributed by atoms with Crippen molar-refractivity contribution in [3.8, 4) is 11.5 Å². The van der Waals surface area contributed by atoms with Crippen LogP contribution in [0.5, 0.6) is 11.5 Å². The van der Waals surface area contributed by atoms with E-state index < -0.39 is 23.7 Å². The van der Waals surface area contributed by atoms with Gasteiger partial charge in [-0.05, 0) is 38.0 Å². The second-order valence-corrected chi connectivity index (χ2v) is 5.28. The van der Waals surface area contributed by atoms with Crippen molar-refractivity contribution in [3.63, 3.8) is 0 Å². The van der Waals surface area contributed by atoms with Gasteiger partial charge in [0.1, 0.15) is 12.3 Å². The zero-order valence-electron chi connectivity index (χ0n) is 12.2. The summed E-state index contributed by atoms with van der Waals surface area (Å²) in [7, 11) is 0. The number of phenolic OH excluding ortho intramolecular Hbond substituents is 2. The van der Waals surface area contributed by atoms with Gasteiger partial charge < -0.3 is 25.2 Å². The van der Waals surface area contributed by atoms with Crippen LogP contribution in [0.1, 0.15) is 30.1 Å². The van der Waals surface area contributed by atoms with Gasteiger partial charge in [-0.25, -0.2) is 0 Å². The molecule has 0 unspecified atom stereocenters. The molecule has 0 bridgehead atoms. The Bertz CT molecular complexity index is 602. The highest BCUT2D eigenvalue weighted by atomic mass is 16.3.